The second-order valence-corrected chi connectivity index (χ2v) is 13.8. The highest BCUT2D eigenvalue weighted by Gasteiger charge is 2.59. The van der Waals surface area contributed by atoms with Gasteiger partial charge in [-0.15, -0.1) is 0 Å². The molecule has 5 fully saturated rings. The van der Waals surface area contributed by atoms with Gasteiger partial charge in [-0.2, -0.15) is 0 Å². The molecule has 5 rings (SSSR count). The van der Waals surface area contributed by atoms with Gasteiger partial charge in [0.25, 0.3) is 0 Å². The van der Waals surface area contributed by atoms with Crippen LogP contribution in [0.15, 0.2) is 0 Å². The summed E-state index contributed by atoms with van der Waals surface area (Å²) in [5.41, 5.74) is 0.234. The Morgan fingerprint density at radius 3 is 2.19 bits per heavy atom. The van der Waals surface area contributed by atoms with E-state index < -0.39 is 19.4 Å². The quantitative estimate of drug-likeness (QED) is 0.359. The van der Waals surface area contributed by atoms with E-state index in [4.69, 9.17) is 0 Å². The zero-order valence-corrected chi connectivity index (χ0v) is 18.2. The van der Waals surface area contributed by atoms with Gasteiger partial charge in [-0.05, 0) is 74.5 Å². The second kappa shape index (κ2) is 7.32. The highest BCUT2D eigenvalue weighted by atomic mass is 32.3. The van der Waals surface area contributed by atoms with Crippen molar-refractivity contribution in [2.45, 2.75) is 99.7 Å². The molecule has 2 unspecified atom stereocenters. The summed E-state index contributed by atoms with van der Waals surface area (Å²) < 4.78 is 34.3. The van der Waals surface area contributed by atoms with E-state index >= 15 is 0 Å². The summed E-state index contributed by atoms with van der Waals surface area (Å²) in [6.07, 6.45) is 12.9. The molecule has 5 aliphatic carbocycles. The molecule has 0 aromatic heterocycles. The molecule has 0 aromatic rings. The van der Waals surface area contributed by atoms with Crippen LogP contribution in [0.4, 0.5) is 0 Å². The Kier molecular flexibility index (Phi) is 5.48. The van der Waals surface area contributed by atoms with E-state index in [2.05, 4.69) is 0 Å². The fraction of sp³-hybridized carbons (Fsp3) is 0.952. The molecular weight excluding hydrogens is 380 g/mol. The Labute approximate surface area is 168 Å². The van der Waals surface area contributed by atoms with Gasteiger partial charge in [-0.25, -0.2) is 8.42 Å². The molecule has 0 spiro atoms. The van der Waals surface area contributed by atoms with Gasteiger partial charge in [0.15, 0.2) is 10.5 Å². The van der Waals surface area contributed by atoms with Gasteiger partial charge in [0.2, 0.25) is 4.58 Å². The summed E-state index contributed by atoms with van der Waals surface area (Å²) in [6.45, 7) is 1.92. The van der Waals surface area contributed by atoms with Crippen molar-refractivity contribution in [2.75, 3.05) is 0 Å². The molecule has 27 heavy (non-hydrogen) atoms. The second-order valence-electron chi connectivity index (χ2n) is 10.1. The van der Waals surface area contributed by atoms with Crippen molar-refractivity contribution in [1.82, 2.24) is 0 Å². The van der Waals surface area contributed by atoms with Crippen LogP contribution >= 0.6 is 0 Å². The highest BCUT2D eigenvalue weighted by molar-refractivity contribution is 8.01. The zero-order chi connectivity index (χ0) is 19.3. The minimum absolute atomic E-state index is 0.234. The number of ketones is 1. The molecule has 0 radical (unpaired) electrons. The van der Waals surface area contributed by atoms with Crippen molar-refractivity contribution in [3.05, 3.63) is 0 Å². The fourth-order valence-electron chi connectivity index (χ4n) is 7.37. The van der Waals surface area contributed by atoms with Crippen molar-refractivity contribution in [3.63, 3.8) is 0 Å². The molecule has 0 N–H and O–H groups in total. The third-order valence-corrected chi connectivity index (χ3v) is 11.5. The van der Waals surface area contributed by atoms with Gasteiger partial charge >= 0.3 is 0 Å². The van der Waals surface area contributed by atoms with Crippen molar-refractivity contribution in [2.24, 2.45) is 23.2 Å². The monoisotopic (exact) mass is 414 g/mol. The molecule has 0 heterocycles. The minimum Gasteiger partial charge on any atom is -0.744 e. The van der Waals surface area contributed by atoms with Gasteiger partial charge in [0, 0.05) is 37.4 Å². The van der Waals surface area contributed by atoms with Gasteiger partial charge in [0.05, 0.1) is 0 Å². The fourth-order valence-corrected chi connectivity index (χ4v) is 10.9. The average molecular weight is 415 g/mol. The normalized spacial score (nSPS) is 42.4. The summed E-state index contributed by atoms with van der Waals surface area (Å²) in [5, 5.41) is 0. The van der Waals surface area contributed by atoms with Crippen LogP contribution in [0.2, 0.25) is 0 Å². The first-order chi connectivity index (χ1) is 12.7. The average Bonchev–Trinajstić information content (AvgIpc) is 2.55. The molecule has 0 amide bonds. The van der Waals surface area contributed by atoms with Gasteiger partial charge in [-0.3, -0.25) is 4.79 Å². The first kappa shape index (κ1) is 20.2. The molecule has 0 saturated heterocycles. The molecule has 4 nitrogen and oxygen atoms in total. The molecule has 154 valence electrons. The third kappa shape index (κ3) is 4.00. The van der Waals surface area contributed by atoms with Gasteiger partial charge in [0.1, 0.15) is 10.1 Å². The lowest BCUT2D eigenvalue weighted by atomic mass is 9.47. The summed E-state index contributed by atoms with van der Waals surface area (Å²) >= 11 is 0.607. The Balaban J connectivity index is 1.62. The van der Waals surface area contributed by atoms with Crippen molar-refractivity contribution < 1.29 is 17.8 Å². The van der Waals surface area contributed by atoms with Crippen molar-refractivity contribution >= 4 is 27.7 Å². The zero-order valence-electron chi connectivity index (χ0n) is 16.5. The number of hydrogen-bond donors (Lipinski definition) is 0. The SMILES string of the molecule is CCCC([SH+]C1(CC23CC4CC(CC(C4)C2)C3)CCCCC1=O)S(=O)(=O)[O-]. The maximum Gasteiger partial charge on any atom is 0.204 e. The number of hydrogen-bond acceptors (Lipinski definition) is 4. The minimum atomic E-state index is -4.37. The van der Waals surface area contributed by atoms with Crippen molar-refractivity contribution in [1.29, 1.82) is 0 Å². The van der Waals surface area contributed by atoms with E-state index in [1.165, 1.54) is 38.5 Å². The molecule has 0 aromatic carbocycles. The van der Waals surface area contributed by atoms with E-state index in [0.29, 0.717) is 31.0 Å². The van der Waals surface area contributed by atoms with E-state index in [-0.39, 0.29) is 11.2 Å². The third-order valence-electron chi connectivity index (χ3n) is 7.86. The van der Waals surface area contributed by atoms with E-state index in [1.807, 2.05) is 6.92 Å². The molecule has 0 aliphatic heterocycles. The smallest absolute Gasteiger partial charge is 0.204 e. The van der Waals surface area contributed by atoms with Crippen LogP contribution in [-0.2, 0) is 26.7 Å². The number of Topliss-reactive ketones (excluding diaryl/α,β-unsaturated/α-hetero) is 1. The molecule has 5 saturated carbocycles. The Morgan fingerprint density at radius 1 is 1.11 bits per heavy atom. The Bertz CT molecular complexity index is 651. The van der Waals surface area contributed by atoms with Gasteiger partial charge in [-0.1, -0.05) is 13.3 Å². The summed E-state index contributed by atoms with van der Waals surface area (Å²) in [7, 11) is -4.37. The lowest BCUT2D eigenvalue weighted by molar-refractivity contribution is -0.126. The van der Waals surface area contributed by atoms with Gasteiger partial charge < -0.3 is 4.55 Å². The summed E-state index contributed by atoms with van der Waals surface area (Å²) in [6, 6.07) is 0. The maximum atomic E-state index is 13.2. The van der Waals surface area contributed by atoms with E-state index in [9.17, 15) is 17.8 Å². The maximum absolute atomic E-state index is 13.2. The molecular formula is C21H34O4S2. The standard InChI is InChI=1S/C21H34O4S2/c1-2-5-19(27(23,24)25)26-21(7-4-3-6-18(21)22)14-20-11-15-8-16(12-20)10-17(9-15)13-20/h15-17,19H,2-14H2,1H3,(H,23,24,25). The topological polar surface area (TPSA) is 74.3 Å². The lowest BCUT2D eigenvalue weighted by Gasteiger charge is -2.58. The van der Waals surface area contributed by atoms with Crippen molar-refractivity contribution in [3.8, 4) is 0 Å². The number of carbonyl (C=O) groups excluding carboxylic acids is 1. The summed E-state index contributed by atoms with van der Waals surface area (Å²) in [4.78, 5) is 13.2. The van der Waals surface area contributed by atoms with Crippen LogP contribution in [0.5, 0.6) is 0 Å². The Morgan fingerprint density at radius 2 is 1.70 bits per heavy atom. The predicted molar refractivity (Wildman–Crippen MR) is 109 cm³/mol. The van der Waals surface area contributed by atoms with Crippen LogP contribution in [0, 0.1) is 23.2 Å². The first-order valence-electron chi connectivity index (χ1n) is 10.9. The number of carbonyl (C=O) groups is 1. The van der Waals surface area contributed by atoms with Crippen LogP contribution in [0.25, 0.3) is 0 Å². The largest absolute Gasteiger partial charge is 0.744 e. The number of thiol groups is 1. The molecule has 2 atom stereocenters. The van der Waals surface area contributed by atoms with E-state index in [1.54, 1.807) is 0 Å². The summed E-state index contributed by atoms with van der Waals surface area (Å²) in [5.74, 6) is 2.70. The van der Waals surface area contributed by atoms with Crippen LogP contribution < -0.4 is 0 Å². The highest BCUT2D eigenvalue weighted by Crippen LogP contribution is 2.63. The molecule has 5 aliphatic rings. The predicted octanol–water partition coefficient (Wildman–Crippen LogP) is 3.96. The lowest BCUT2D eigenvalue weighted by Crippen LogP contribution is -2.55. The first-order valence-corrected chi connectivity index (χ1v) is 13.4. The Hall–Kier alpha value is -0.0700. The number of rotatable bonds is 7. The van der Waals surface area contributed by atoms with Crippen LogP contribution in [0.1, 0.15) is 90.4 Å². The van der Waals surface area contributed by atoms with E-state index in [0.717, 1.165) is 43.4 Å². The van der Waals surface area contributed by atoms with Crippen LogP contribution in [0.3, 0.4) is 0 Å². The molecule has 6 heteroatoms. The van der Waals surface area contributed by atoms with Crippen LogP contribution in [-0.4, -0.2) is 28.1 Å². The molecule has 4 bridgehead atoms.